The standard InChI is InChI=1S/C28H18N2O4/c31-28-26-21(15-13-18-8-2-5-11-23(18)30(32)33)25-19-9-3-1-7-17(19)14-16-22(25)29-27(26)20-10-4-6-12-24(20)34-28/h1-16,21,29H/b15-13+. The van der Waals surface area contributed by atoms with E-state index in [0.29, 0.717) is 22.4 Å². The van der Waals surface area contributed by atoms with E-state index in [0.717, 1.165) is 27.4 Å². The van der Waals surface area contributed by atoms with Crippen molar-refractivity contribution >= 4 is 44.9 Å². The van der Waals surface area contributed by atoms with Crippen LogP contribution in [0.1, 0.15) is 22.6 Å². The van der Waals surface area contributed by atoms with Crippen LogP contribution in [0.2, 0.25) is 0 Å². The summed E-state index contributed by atoms with van der Waals surface area (Å²) < 4.78 is 5.69. The molecule has 0 saturated heterocycles. The molecule has 34 heavy (non-hydrogen) atoms. The van der Waals surface area contributed by atoms with E-state index in [9.17, 15) is 14.9 Å². The molecule has 1 N–H and O–H groups in total. The first-order valence-corrected chi connectivity index (χ1v) is 10.9. The summed E-state index contributed by atoms with van der Waals surface area (Å²) in [6.45, 7) is 0. The molecular weight excluding hydrogens is 428 g/mol. The number of hydrogen-bond donors (Lipinski definition) is 1. The average molecular weight is 446 g/mol. The van der Waals surface area contributed by atoms with Gasteiger partial charge in [-0.15, -0.1) is 0 Å². The SMILES string of the molecule is O=c1oc2ccccc2c2c1C(/C=C/c1ccccc1[N+](=O)[O-])c1c(ccc3ccccc13)N2. The number of nitro benzene ring substituents is 1. The Labute approximate surface area is 193 Å². The number of hydrogen-bond acceptors (Lipinski definition) is 5. The zero-order valence-electron chi connectivity index (χ0n) is 17.9. The summed E-state index contributed by atoms with van der Waals surface area (Å²) >= 11 is 0. The predicted octanol–water partition coefficient (Wildman–Crippen LogP) is 6.76. The fourth-order valence-electron chi connectivity index (χ4n) is 4.79. The van der Waals surface area contributed by atoms with Crippen molar-refractivity contribution in [2.45, 2.75) is 5.92 Å². The van der Waals surface area contributed by atoms with Gasteiger partial charge in [0.15, 0.2) is 0 Å². The van der Waals surface area contributed by atoms with Gasteiger partial charge in [-0.1, -0.05) is 66.7 Å². The number of fused-ring (bicyclic) bond motifs is 6. The van der Waals surface area contributed by atoms with E-state index in [-0.39, 0.29) is 5.69 Å². The molecule has 0 saturated carbocycles. The molecule has 0 radical (unpaired) electrons. The maximum Gasteiger partial charge on any atom is 0.342 e. The third-order valence-electron chi connectivity index (χ3n) is 6.30. The summed E-state index contributed by atoms with van der Waals surface area (Å²) in [6, 6.07) is 26.0. The van der Waals surface area contributed by atoms with E-state index in [1.807, 2.05) is 60.7 Å². The van der Waals surface area contributed by atoms with Crippen molar-refractivity contribution in [3.8, 4) is 0 Å². The molecule has 0 aliphatic carbocycles. The van der Waals surface area contributed by atoms with Gasteiger partial charge in [-0.25, -0.2) is 4.79 Å². The maximum absolute atomic E-state index is 13.3. The molecule has 2 heterocycles. The second kappa shape index (κ2) is 7.71. The van der Waals surface area contributed by atoms with Crippen LogP contribution in [0, 0.1) is 10.1 Å². The van der Waals surface area contributed by atoms with E-state index in [1.54, 1.807) is 30.3 Å². The lowest BCUT2D eigenvalue weighted by Gasteiger charge is -2.28. The monoisotopic (exact) mass is 446 g/mol. The summed E-state index contributed by atoms with van der Waals surface area (Å²) in [5, 5.41) is 17.9. The van der Waals surface area contributed by atoms with Crippen LogP contribution in [0.4, 0.5) is 17.1 Å². The van der Waals surface area contributed by atoms with Crippen molar-refractivity contribution < 1.29 is 9.34 Å². The van der Waals surface area contributed by atoms with Gasteiger partial charge in [-0.3, -0.25) is 10.1 Å². The molecule has 5 aromatic rings. The minimum atomic E-state index is -0.460. The lowest BCUT2D eigenvalue weighted by molar-refractivity contribution is -0.385. The van der Waals surface area contributed by atoms with Crippen LogP contribution in [-0.2, 0) is 0 Å². The summed E-state index contributed by atoms with van der Waals surface area (Å²) in [5.74, 6) is -0.460. The van der Waals surface area contributed by atoms with Gasteiger partial charge in [0.1, 0.15) is 5.58 Å². The van der Waals surface area contributed by atoms with Crippen molar-refractivity contribution in [2.24, 2.45) is 0 Å². The molecule has 0 fully saturated rings. The second-order valence-electron chi connectivity index (χ2n) is 8.20. The lowest BCUT2D eigenvalue weighted by atomic mass is 9.82. The van der Waals surface area contributed by atoms with Crippen molar-refractivity contribution in [1.29, 1.82) is 0 Å². The number of anilines is 2. The van der Waals surface area contributed by atoms with Crippen LogP contribution >= 0.6 is 0 Å². The molecule has 4 aromatic carbocycles. The number of benzene rings is 4. The molecule has 1 unspecified atom stereocenters. The molecule has 6 rings (SSSR count). The Morgan fingerprint density at radius 2 is 1.59 bits per heavy atom. The van der Waals surface area contributed by atoms with Crippen molar-refractivity contribution in [2.75, 3.05) is 5.32 Å². The Kier molecular flexibility index (Phi) is 4.52. The Hall–Kier alpha value is -4.71. The van der Waals surface area contributed by atoms with Crippen LogP contribution in [0.25, 0.3) is 27.8 Å². The Balaban J connectivity index is 1.65. The Morgan fingerprint density at radius 3 is 2.44 bits per heavy atom. The van der Waals surface area contributed by atoms with Crippen molar-refractivity contribution in [1.82, 2.24) is 0 Å². The fourth-order valence-corrected chi connectivity index (χ4v) is 4.79. The third-order valence-corrected chi connectivity index (χ3v) is 6.30. The van der Waals surface area contributed by atoms with Crippen LogP contribution in [0.3, 0.4) is 0 Å². The molecule has 1 aliphatic rings. The highest BCUT2D eigenvalue weighted by molar-refractivity contribution is 6.00. The van der Waals surface area contributed by atoms with Gasteiger partial charge in [0.05, 0.1) is 21.7 Å². The smallest absolute Gasteiger partial charge is 0.342 e. The first-order valence-electron chi connectivity index (χ1n) is 10.9. The summed E-state index contributed by atoms with van der Waals surface area (Å²) in [4.78, 5) is 24.4. The average Bonchev–Trinajstić information content (AvgIpc) is 2.86. The number of allylic oxidation sites excluding steroid dienone is 1. The molecule has 0 spiro atoms. The quantitative estimate of drug-likeness (QED) is 0.188. The summed E-state index contributed by atoms with van der Waals surface area (Å²) in [7, 11) is 0. The summed E-state index contributed by atoms with van der Waals surface area (Å²) in [6.07, 6.45) is 3.58. The predicted molar refractivity (Wildman–Crippen MR) is 134 cm³/mol. The molecule has 164 valence electrons. The third kappa shape index (κ3) is 3.08. The number of rotatable bonds is 3. The molecule has 6 heteroatoms. The van der Waals surface area contributed by atoms with Gasteiger partial charge in [0.25, 0.3) is 5.69 Å². The number of para-hydroxylation sites is 2. The lowest BCUT2D eigenvalue weighted by Crippen LogP contribution is -2.21. The van der Waals surface area contributed by atoms with Crippen LogP contribution in [0.5, 0.6) is 0 Å². The highest BCUT2D eigenvalue weighted by atomic mass is 16.6. The minimum Gasteiger partial charge on any atom is -0.422 e. The number of nitro groups is 1. The largest absolute Gasteiger partial charge is 0.422 e. The minimum absolute atomic E-state index is 0.0107. The number of nitrogens with one attached hydrogen (secondary N) is 1. The zero-order valence-corrected chi connectivity index (χ0v) is 17.9. The van der Waals surface area contributed by atoms with Gasteiger partial charge in [0, 0.05) is 23.1 Å². The first kappa shape index (κ1) is 19.9. The van der Waals surface area contributed by atoms with Crippen LogP contribution in [-0.4, -0.2) is 4.92 Å². The number of nitrogens with zero attached hydrogens (tertiary/aromatic N) is 1. The maximum atomic E-state index is 13.3. The molecule has 6 nitrogen and oxygen atoms in total. The summed E-state index contributed by atoms with van der Waals surface area (Å²) in [5.41, 5.74) is 3.56. The van der Waals surface area contributed by atoms with E-state index in [2.05, 4.69) is 5.32 Å². The van der Waals surface area contributed by atoms with Crippen LogP contribution in [0.15, 0.2) is 100 Å². The van der Waals surface area contributed by atoms with Crippen LogP contribution < -0.4 is 10.9 Å². The molecule has 0 bridgehead atoms. The first-order chi connectivity index (χ1) is 16.6. The molecule has 1 atom stereocenters. The highest BCUT2D eigenvalue weighted by Crippen LogP contribution is 2.46. The zero-order chi connectivity index (χ0) is 23.2. The van der Waals surface area contributed by atoms with E-state index in [4.69, 9.17) is 4.42 Å². The molecule has 1 aliphatic heterocycles. The van der Waals surface area contributed by atoms with Crippen molar-refractivity contribution in [3.63, 3.8) is 0 Å². The normalized spacial score (nSPS) is 14.6. The van der Waals surface area contributed by atoms with E-state index >= 15 is 0 Å². The molecule has 1 aromatic heterocycles. The Bertz CT molecular complexity index is 1700. The highest BCUT2D eigenvalue weighted by Gasteiger charge is 2.31. The van der Waals surface area contributed by atoms with Gasteiger partial charge >= 0.3 is 5.63 Å². The van der Waals surface area contributed by atoms with Gasteiger partial charge in [-0.05, 0) is 40.6 Å². The van der Waals surface area contributed by atoms with Gasteiger partial charge < -0.3 is 9.73 Å². The fraction of sp³-hybridized carbons (Fsp3) is 0.0357. The topological polar surface area (TPSA) is 85.4 Å². The van der Waals surface area contributed by atoms with Gasteiger partial charge in [0.2, 0.25) is 0 Å². The molecular formula is C28H18N2O4. The molecule has 0 amide bonds. The van der Waals surface area contributed by atoms with E-state index in [1.165, 1.54) is 6.07 Å². The van der Waals surface area contributed by atoms with E-state index < -0.39 is 16.5 Å². The van der Waals surface area contributed by atoms with Crippen molar-refractivity contribution in [3.05, 3.63) is 128 Å². The Morgan fingerprint density at radius 1 is 0.853 bits per heavy atom. The second-order valence-corrected chi connectivity index (χ2v) is 8.20. The van der Waals surface area contributed by atoms with Gasteiger partial charge in [-0.2, -0.15) is 0 Å².